The number of hydrogen-bond acceptors (Lipinski definition) is 3. The molecule has 1 N–H and O–H groups in total. The SMILES string of the molecule is O=[N+]([O-])c1c[nH]c2ncc(F)cc12. The number of hydrogen-bond donors (Lipinski definition) is 1. The van der Waals surface area contributed by atoms with E-state index in [4.69, 9.17) is 0 Å². The molecular formula is C7H4FN3O2. The Morgan fingerprint density at radius 2 is 2.38 bits per heavy atom. The Kier molecular flexibility index (Phi) is 1.48. The molecule has 0 radical (unpaired) electrons. The number of pyridine rings is 1. The molecule has 0 spiro atoms. The summed E-state index contributed by atoms with van der Waals surface area (Å²) in [4.78, 5) is 16.1. The molecule has 0 fully saturated rings. The summed E-state index contributed by atoms with van der Waals surface area (Å²) in [7, 11) is 0. The number of nitrogens with zero attached hydrogens (tertiary/aromatic N) is 2. The number of halogens is 1. The first kappa shape index (κ1) is 7.66. The van der Waals surface area contributed by atoms with Crippen LogP contribution < -0.4 is 0 Å². The predicted octanol–water partition coefficient (Wildman–Crippen LogP) is 1.61. The Hall–Kier alpha value is -1.98. The molecule has 0 atom stereocenters. The first-order chi connectivity index (χ1) is 6.18. The Morgan fingerprint density at radius 1 is 1.62 bits per heavy atom. The van der Waals surface area contributed by atoms with E-state index in [1.54, 1.807) is 0 Å². The van der Waals surface area contributed by atoms with Gasteiger partial charge in [0, 0.05) is 0 Å². The number of aromatic nitrogens is 2. The monoisotopic (exact) mass is 181 g/mol. The van der Waals surface area contributed by atoms with Gasteiger partial charge in [0.15, 0.2) is 0 Å². The molecule has 0 aliphatic carbocycles. The van der Waals surface area contributed by atoms with Gasteiger partial charge in [-0.1, -0.05) is 0 Å². The molecular weight excluding hydrogens is 177 g/mol. The maximum absolute atomic E-state index is 12.7. The van der Waals surface area contributed by atoms with Crippen molar-refractivity contribution in [3.05, 3.63) is 34.4 Å². The van der Waals surface area contributed by atoms with E-state index < -0.39 is 10.7 Å². The molecule has 2 rings (SSSR count). The number of nitrogens with one attached hydrogen (secondary N) is 1. The molecule has 2 aromatic heterocycles. The summed E-state index contributed by atoms with van der Waals surface area (Å²) in [5.41, 5.74) is 0.148. The fourth-order valence-electron chi connectivity index (χ4n) is 1.12. The third-order valence-corrected chi connectivity index (χ3v) is 1.67. The molecule has 66 valence electrons. The molecule has 5 nitrogen and oxygen atoms in total. The van der Waals surface area contributed by atoms with Crippen molar-refractivity contribution >= 4 is 16.7 Å². The molecule has 0 saturated heterocycles. The molecule has 2 aromatic rings. The smallest absolute Gasteiger partial charge is 0.296 e. The number of aromatic amines is 1. The number of fused-ring (bicyclic) bond motifs is 1. The van der Waals surface area contributed by atoms with Crippen molar-refractivity contribution < 1.29 is 9.31 Å². The standard InChI is InChI=1S/C7H4FN3O2/c8-4-1-5-6(11(12)13)3-10-7(5)9-2-4/h1-3H,(H,9,10). The number of nitro groups is 1. The summed E-state index contributed by atoms with van der Waals surface area (Å²) < 4.78 is 12.7. The van der Waals surface area contributed by atoms with Gasteiger partial charge >= 0.3 is 0 Å². The topological polar surface area (TPSA) is 71.8 Å². The van der Waals surface area contributed by atoms with Crippen LogP contribution in [0, 0.1) is 15.9 Å². The molecule has 0 unspecified atom stereocenters. The fraction of sp³-hybridized carbons (Fsp3) is 0. The lowest BCUT2D eigenvalue weighted by atomic mass is 10.3. The van der Waals surface area contributed by atoms with Crippen molar-refractivity contribution in [1.82, 2.24) is 9.97 Å². The minimum Gasteiger partial charge on any atom is -0.340 e. The molecule has 0 amide bonds. The van der Waals surface area contributed by atoms with Gasteiger partial charge in [0.05, 0.1) is 22.7 Å². The van der Waals surface area contributed by atoms with Crippen LogP contribution in [0.2, 0.25) is 0 Å². The van der Waals surface area contributed by atoms with Gasteiger partial charge in [-0.05, 0) is 6.07 Å². The summed E-state index contributed by atoms with van der Waals surface area (Å²) in [6.45, 7) is 0. The second kappa shape index (κ2) is 2.51. The molecule has 0 aliphatic heterocycles. The largest absolute Gasteiger partial charge is 0.340 e. The molecule has 0 aliphatic rings. The molecule has 6 heteroatoms. The highest BCUT2D eigenvalue weighted by Crippen LogP contribution is 2.23. The molecule has 13 heavy (non-hydrogen) atoms. The zero-order valence-electron chi connectivity index (χ0n) is 6.32. The molecule has 0 bridgehead atoms. The molecule has 0 saturated carbocycles. The average Bonchev–Trinajstić information content (AvgIpc) is 2.46. The predicted molar refractivity (Wildman–Crippen MR) is 42.7 cm³/mol. The Morgan fingerprint density at radius 3 is 3.08 bits per heavy atom. The summed E-state index contributed by atoms with van der Waals surface area (Å²) in [5, 5.41) is 10.6. The van der Waals surface area contributed by atoms with Crippen LogP contribution in [0.5, 0.6) is 0 Å². The van der Waals surface area contributed by atoms with Crippen LogP contribution in [0.25, 0.3) is 11.0 Å². The fourth-order valence-corrected chi connectivity index (χ4v) is 1.12. The summed E-state index contributed by atoms with van der Waals surface area (Å²) in [5.74, 6) is -0.588. The van der Waals surface area contributed by atoms with Crippen molar-refractivity contribution in [3.63, 3.8) is 0 Å². The van der Waals surface area contributed by atoms with Crippen LogP contribution in [0.15, 0.2) is 18.5 Å². The van der Waals surface area contributed by atoms with E-state index in [0.29, 0.717) is 5.65 Å². The van der Waals surface area contributed by atoms with E-state index in [1.807, 2.05) is 0 Å². The van der Waals surface area contributed by atoms with Crippen molar-refractivity contribution in [3.8, 4) is 0 Å². The zero-order chi connectivity index (χ0) is 9.42. The van der Waals surface area contributed by atoms with E-state index in [-0.39, 0.29) is 11.1 Å². The number of H-pyrrole nitrogens is 1. The van der Waals surface area contributed by atoms with Gasteiger partial charge in [0.25, 0.3) is 5.69 Å². The Bertz CT molecular complexity index is 480. The van der Waals surface area contributed by atoms with Gasteiger partial charge in [0.2, 0.25) is 0 Å². The molecule has 2 heterocycles. The third-order valence-electron chi connectivity index (χ3n) is 1.67. The van der Waals surface area contributed by atoms with Crippen molar-refractivity contribution in [2.24, 2.45) is 0 Å². The van der Waals surface area contributed by atoms with Crippen LogP contribution >= 0.6 is 0 Å². The van der Waals surface area contributed by atoms with E-state index in [9.17, 15) is 14.5 Å². The van der Waals surface area contributed by atoms with Crippen LogP contribution in [-0.4, -0.2) is 14.9 Å². The lowest BCUT2D eigenvalue weighted by Crippen LogP contribution is -1.86. The highest BCUT2D eigenvalue weighted by molar-refractivity contribution is 5.85. The minimum atomic E-state index is -0.588. The van der Waals surface area contributed by atoms with Crippen LogP contribution in [0.1, 0.15) is 0 Å². The maximum Gasteiger partial charge on any atom is 0.296 e. The van der Waals surface area contributed by atoms with Gasteiger partial charge in [-0.15, -0.1) is 0 Å². The second-order valence-corrected chi connectivity index (χ2v) is 2.48. The van der Waals surface area contributed by atoms with E-state index >= 15 is 0 Å². The van der Waals surface area contributed by atoms with Gasteiger partial charge in [-0.25, -0.2) is 9.37 Å². The van der Waals surface area contributed by atoms with Crippen molar-refractivity contribution in [2.45, 2.75) is 0 Å². The van der Waals surface area contributed by atoms with Crippen LogP contribution in [0.3, 0.4) is 0 Å². The Balaban J connectivity index is 2.79. The first-order valence-corrected chi connectivity index (χ1v) is 3.45. The average molecular weight is 181 g/mol. The highest BCUT2D eigenvalue weighted by Gasteiger charge is 2.14. The lowest BCUT2D eigenvalue weighted by molar-refractivity contribution is -0.383. The Labute approximate surface area is 71.4 Å². The van der Waals surface area contributed by atoms with Gasteiger partial charge in [-0.2, -0.15) is 0 Å². The van der Waals surface area contributed by atoms with Crippen molar-refractivity contribution in [2.75, 3.05) is 0 Å². The van der Waals surface area contributed by atoms with Gasteiger partial charge in [0.1, 0.15) is 11.5 Å². The van der Waals surface area contributed by atoms with E-state index in [2.05, 4.69) is 9.97 Å². The van der Waals surface area contributed by atoms with Crippen LogP contribution in [0.4, 0.5) is 10.1 Å². The zero-order valence-corrected chi connectivity index (χ0v) is 6.32. The van der Waals surface area contributed by atoms with Crippen molar-refractivity contribution in [1.29, 1.82) is 0 Å². The summed E-state index contributed by atoms with van der Waals surface area (Å²) >= 11 is 0. The van der Waals surface area contributed by atoms with Gasteiger partial charge in [-0.3, -0.25) is 10.1 Å². The third kappa shape index (κ3) is 1.12. The van der Waals surface area contributed by atoms with E-state index in [1.165, 1.54) is 6.20 Å². The maximum atomic E-state index is 12.7. The summed E-state index contributed by atoms with van der Waals surface area (Å²) in [6, 6.07) is 1.08. The van der Waals surface area contributed by atoms with Crippen LogP contribution in [-0.2, 0) is 0 Å². The normalized spacial score (nSPS) is 10.5. The van der Waals surface area contributed by atoms with Gasteiger partial charge < -0.3 is 4.98 Å². The van der Waals surface area contributed by atoms with E-state index in [0.717, 1.165) is 12.3 Å². The second-order valence-electron chi connectivity index (χ2n) is 2.48. The number of rotatable bonds is 1. The molecule has 0 aromatic carbocycles. The highest BCUT2D eigenvalue weighted by atomic mass is 19.1. The quantitative estimate of drug-likeness (QED) is 0.536. The summed E-state index contributed by atoms with van der Waals surface area (Å²) in [6.07, 6.45) is 2.19. The lowest BCUT2D eigenvalue weighted by Gasteiger charge is -1.88. The first-order valence-electron chi connectivity index (χ1n) is 3.45. The minimum absolute atomic E-state index is 0.165.